The van der Waals surface area contributed by atoms with Crippen LogP contribution in [0.5, 0.6) is 11.5 Å². The third-order valence-corrected chi connectivity index (χ3v) is 5.95. The van der Waals surface area contributed by atoms with E-state index in [1.165, 1.54) is 32.3 Å². The number of esters is 2. The van der Waals surface area contributed by atoms with Gasteiger partial charge in [-0.05, 0) is 31.7 Å². The van der Waals surface area contributed by atoms with Crippen molar-refractivity contribution in [3.05, 3.63) is 46.0 Å². The summed E-state index contributed by atoms with van der Waals surface area (Å²) in [6.07, 6.45) is 1.42. The first-order valence-electron chi connectivity index (χ1n) is 9.83. The van der Waals surface area contributed by atoms with E-state index in [9.17, 15) is 14.4 Å². The van der Waals surface area contributed by atoms with Gasteiger partial charge in [0, 0.05) is 18.1 Å². The monoisotopic (exact) mass is 460 g/mol. The maximum atomic E-state index is 13.1. The Morgan fingerprint density at radius 3 is 2.53 bits per heavy atom. The van der Waals surface area contributed by atoms with Gasteiger partial charge in [0.25, 0.3) is 5.91 Å². The van der Waals surface area contributed by atoms with E-state index in [1.54, 1.807) is 26.0 Å². The first-order valence-corrected chi connectivity index (χ1v) is 10.6. The number of amidine groups is 1. The van der Waals surface area contributed by atoms with Crippen LogP contribution in [0.4, 0.5) is 0 Å². The van der Waals surface area contributed by atoms with Gasteiger partial charge in [0.1, 0.15) is 4.91 Å². The third-order valence-electron chi connectivity index (χ3n) is 4.98. The van der Waals surface area contributed by atoms with Crippen molar-refractivity contribution in [3.8, 4) is 11.5 Å². The van der Waals surface area contributed by atoms with E-state index in [0.29, 0.717) is 17.2 Å². The predicted molar refractivity (Wildman–Crippen MR) is 118 cm³/mol. The molecule has 1 aromatic rings. The molecule has 0 fully saturated rings. The second-order valence-electron chi connectivity index (χ2n) is 6.80. The molecule has 0 saturated carbocycles. The molecule has 1 aromatic carbocycles. The van der Waals surface area contributed by atoms with Gasteiger partial charge in [-0.2, -0.15) is 0 Å². The van der Waals surface area contributed by atoms with Gasteiger partial charge in [-0.15, -0.1) is 0 Å². The van der Waals surface area contributed by atoms with Crippen molar-refractivity contribution < 1.29 is 33.3 Å². The van der Waals surface area contributed by atoms with E-state index in [0.717, 1.165) is 17.3 Å². The molecule has 0 bridgehead atoms. The van der Waals surface area contributed by atoms with Crippen LogP contribution in [0, 0.1) is 0 Å². The fourth-order valence-electron chi connectivity index (χ4n) is 3.60. The summed E-state index contributed by atoms with van der Waals surface area (Å²) in [5, 5.41) is 0.287. The van der Waals surface area contributed by atoms with Crippen molar-refractivity contribution in [3.63, 3.8) is 0 Å². The Balaban J connectivity index is 2.11. The normalized spacial score (nSPS) is 17.8. The van der Waals surface area contributed by atoms with Crippen LogP contribution in [0.15, 0.2) is 45.4 Å². The lowest BCUT2D eigenvalue weighted by molar-refractivity contribution is -0.140. The number of carbonyl (C=O) groups excluding carboxylic acids is 3. The number of allylic oxidation sites excluding steroid dienone is 1. The lowest BCUT2D eigenvalue weighted by Gasteiger charge is -2.38. The number of ether oxygens (including phenoxy) is 4. The molecule has 2 aliphatic heterocycles. The Bertz CT molecular complexity index is 1040. The lowest BCUT2D eigenvalue weighted by atomic mass is 9.94. The Kier molecular flexibility index (Phi) is 7.24. The molecule has 0 spiro atoms. The maximum Gasteiger partial charge on any atom is 0.345 e. The summed E-state index contributed by atoms with van der Waals surface area (Å²) in [6.45, 7) is 3.56. The molecule has 0 N–H and O–H groups in total. The molecule has 10 heteroatoms. The molecule has 0 aliphatic carbocycles. The average Bonchev–Trinajstić information content (AvgIpc) is 2.77. The molecule has 0 unspecified atom stereocenters. The number of rotatable bonds is 7. The van der Waals surface area contributed by atoms with Gasteiger partial charge in [0.2, 0.25) is 0 Å². The van der Waals surface area contributed by atoms with Gasteiger partial charge < -0.3 is 18.9 Å². The van der Waals surface area contributed by atoms with Crippen LogP contribution in [-0.4, -0.2) is 61.9 Å². The van der Waals surface area contributed by atoms with Gasteiger partial charge in [-0.25, -0.2) is 14.6 Å². The largest absolute Gasteiger partial charge is 0.493 e. The number of aliphatic imine (C=N–C) groups is 1. The molecule has 0 radical (unpaired) electrons. The lowest BCUT2D eigenvalue weighted by Crippen LogP contribution is -2.50. The van der Waals surface area contributed by atoms with E-state index < -0.39 is 23.9 Å². The van der Waals surface area contributed by atoms with Crippen LogP contribution < -0.4 is 9.47 Å². The standard InChI is InChI=1S/C22H24N2O7S/c1-6-31-21(27)18-12(2)23-22-24(17(25)11-16(32-22)20(26)30-5)14(18)10-13-8-7-9-15(28-3)19(13)29-4/h7-9,11,14H,6,10H2,1-5H3/t14-/m1/s1. The second kappa shape index (κ2) is 9.90. The smallest absolute Gasteiger partial charge is 0.345 e. The average molecular weight is 461 g/mol. The van der Waals surface area contributed by atoms with Crippen LogP contribution in [0.1, 0.15) is 19.4 Å². The number of carbonyl (C=O) groups is 3. The summed E-state index contributed by atoms with van der Waals surface area (Å²) in [7, 11) is 4.30. The Labute approximate surface area is 190 Å². The number of hydrogen-bond donors (Lipinski definition) is 0. The zero-order valence-corrected chi connectivity index (χ0v) is 19.3. The van der Waals surface area contributed by atoms with E-state index in [4.69, 9.17) is 18.9 Å². The highest BCUT2D eigenvalue weighted by Gasteiger charge is 2.42. The van der Waals surface area contributed by atoms with Crippen molar-refractivity contribution in [1.29, 1.82) is 0 Å². The molecular formula is C22H24N2O7S. The minimum absolute atomic E-state index is 0.123. The van der Waals surface area contributed by atoms with Crippen LogP contribution >= 0.6 is 11.8 Å². The number of fused-ring (bicyclic) bond motifs is 1. The van der Waals surface area contributed by atoms with Gasteiger partial charge in [0.05, 0.1) is 45.2 Å². The van der Waals surface area contributed by atoms with E-state index in [-0.39, 0.29) is 28.7 Å². The zero-order chi connectivity index (χ0) is 23.4. The summed E-state index contributed by atoms with van der Waals surface area (Å²) in [6, 6.07) is 4.67. The topological polar surface area (TPSA) is 104 Å². The summed E-state index contributed by atoms with van der Waals surface area (Å²) in [5.41, 5.74) is 1.41. The third kappa shape index (κ3) is 4.36. The van der Waals surface area contributed by atoms with Gasteiger partial charge in [0.15, 0.2) is 16.7 Å². The van der Waals surface area contributed by atoms with E-state index in [1.807, 2.05) is 6.07 Å². The Hall–Kier alpha value is -3.27. The highest BCUT2D eigenvalue weighted by Crippen LogP contribution is 2.38. The fourth-order valence-corrected chi connectivity index (χ4v) is 4.62. The first kappa shape index (κ1) is 23.4. The van der Waals surface area contributed by atoms with E-state index in [2.05, 4.69) is 4.99 Å². The zero-order valence-electron chi connectivity index (χ0n) is 18.5. The molecule has 0 saturated heterocycles. The quantitative estimate of drug-likeness (QED) is 0.572. The Morgan fingerprint density at radius 2 is 1.91 bits per heavy atom. The van der Waals surface area contributed by atoms with Crippen LogP contribution in [0.25, 0.3) is 0 Å². The van der Waals surface area contributed by atoms with Crippen molar-refractivity contribution in [1.82, 2.24) is 4.90 Å². The molecule has 1 amide bonds. The molecule has 2 heterocycles. The molecule has 9 nitrogen and oxygen atoms in total. The molecule has 2 aliphatic rings. The van der Waals surface area contributed by atoms with Crippen molar-refractivity contribution >= 4 is 34.8 Å². The summed E-state index contributed by atoms with van der Waals surface area (Å²) in [4.78, 5) is 43.9. The highest BCUT2D eigenvalue weighted by atomic mass is 32.2. The van der Waals surface area contributed by atoms with Crippen molar-refractivity contribution in [2.24, 2.45) is 4.99 Å². The number of para-hydroxylation sites is 1. The van der Waals surface area contributed by atoms with E-state index >= 15 is 0 Å². The van der Waals surface area contributed by atoms with Crippen molar-refractivity contribution in [2.75, 3.05) is 27.9 Å². The number of benzene rings is 1. The number of hydrogen-bond acceptors (Lipinski definition) is 9. The van der Waals surface area contributed by atoms with Gasteiger partial charge in [-0.3, -0.25) is 9.69 Å². The number of nitrogens with zero attached hydrogens (tertiary/aromatic N) is 2. The fraction of sp³-hybridized carbons (Fsp3) is 0.364. The Morgan fingerprint density at radius 1 is 1.16 bits per heavy atom. The van der Waals surface area contributed by atoms with Gasteiger partial charge >= 0.3 is 11.9 Å². The molecule has 0 aromatic heterocycles. The number of methoxy groups -OCH3 is 3. The molecule has 3 rings (SSSR count). The minimum atomic E-state index is -0.724. The van der Waals surface area contributed by atoms with Crippen LogP contribution in [-0.2, 0) is 30.3 Å². The highest BCUT2D eigenvalue weighted by molar-refractivity contribution is 8.18. The summed E-state index contributed by atoms with van der Waals surface area (Å²) < 4.78 is 20.9. The molecule has 170 valence electrons. The summed E-state index contributed by atoms with van der Waals surface area (Å²) >= 11 is 1.01. The predicted octanol–water partition coefficient (Wildman–Crippen LogP) is 2.45. The minimum Gasteiger partial charge on any atom is -0.493 e. The van der Waals surface area contributed by atoms with Crippen LogP contribution in [0.3, 0.4) is 0 Å². The molecule has 1 atom stereocenters. The maximum absolute atomic E-state index is 13.1. The first-order chi connectivity index (χ1) is 15.4. The SMILES string of the molecule is CCOC(=O)C1=C(C)N=C2SC(C(=O)OC)=CC(=O)N2[C@@H]1Cc1cccc(OC)c1OC. The number of amides is 1. The molecule has 32 heavy (non-hydrogen) atoms. The van der Waals surface area contributed by atoms with Crippen LogP contribution in [0.2, 0.25) is 0 Å². The summed E-state index contributed by atoms with van der Waals surface area (Å²) in [5.74, 6) is -0.637. The number of thioether (sulfide) groups is 1. The molecular weight excluding hydrogens is 436 g/mol. The second-order valence-corrected chi connectivity index (χ2v) is 7.81. The van der Waals surface area contributed by atoms with Gasteiger partial charge in [-0.1, -0.05) is 12.1 Å². The van der Waals surface area contributed by atoms with Crippen molar-refractivity contribution in [2.45, 2.75) is 26.3 Å².